The second kappa shape index (κ2) is 65.5. The minimum Gasteiger partial charge on any atom is -0.462 e. The highest BCUT2D eigenvalue weighted by Gasteiger charge is 2.19. The standard InChI is InChI=1S/C73H116O6/c1-4-7-10-13-16-19-22-25-27-29-31-33-34-35-36-37-38-40-41-43-45-48-51-54-57-60-63-66-72(75)78-69-70(68-77-71(74)65-62-59-56-53-50-47-24-21-18-15-12-9-6-3)79-73(76)67-64-61-58-55-52-49-46-44-42-39-32-30-28-26-23-20-17-14-11-8-5-2/h7-8,10-11,16-17,19-21,24-28,31-33,35-36,38-40,43,45,51,54,70H,4-6,9,12-15,18,22-23,29-30,34,37,41-42,44,46-50,52-53,55-69H2,1-3H3/b10-7-,11-8-,19-16-,20-17-,24-21-,27-25-,28-26-,33-31-,36-35-,39-32-,40-38-,45-43-,54-51-. The van der Waals surface area contributed by atoms with Crippen molar-refractivity contribution < 1.29 is 28.6 Å². The van der Waals surface area contributed by atoms with Gasteiger partial charge in [-0.3, -0.25) is 14.4 Å². The van der Waals surface area contributed by atoms with Gasteiger partial charge < -0.3 is 14.2 Å². The number of unbranched alkanes of at least 4 members (excludes halogenated alkanes) is 19. The Kier molecular flexibility index (Phi) is 61.4. The lowest BCUT2D eigenvalue weighted by atomic mass is 10.1. The molecule has 6 heteroatoms. The summed E-state index contributed by atoms with van der Waals surface area (Å²) in [6, 6.07) is 0. The number of carbonyl (C=O) groups is 3. The van der Waals surface area contributed by atoms with E-state index in [1.54, 1.807) is 0 Å². The zero-order valence-electron chi connectivity index (χ0n) is 50.8. The molecule has 0 fully saturated rings. The quantitative estimate of drug-likeness (QED) is 0.0261. The Morgan fingerprint density at radius 1 is 0.266 bits per heavy atom. The molecule has 79 heavy (non-hydrogen) atoms. The maximum absolute atomic E-state index is 12.9. The third-order valence-electron chi connectivity index (χ3n) is 13.0. The van der Waals surface area contributed by atoms with Crippen LogP contribution in [-0.2, 0) is 28.6 Å². The molecule has 0 aromatic carbocycles. The fourth-order valence-corrected chi connectivity index (χ4v) is 8.27. The van der Waals surface area contributed by atoms with Gasteiger partial charge in [-0.25, -0.2) is 0 Å². The molecule has 0 saturated carbocycles. The minimum absolute atomic E-state index is 0.106. The molecule has 0 amide bonds. The monoisotopic (exact) mass is 1090 g/mol. The average molecular weight is 1090 g/mol. The smallest absolute Gasteiger partial charge is 0.306 e. The molecular weight excluding hydrogens is 973 g/mol. The Balaban J connectivity index is 4.47. The second-order valence-electron chi connectivity index (χ2n) is 20.5. The third kappa shape index (κ3) is 63.7. The summed E-state index contributed by atoms with van der Waals surface area (Å²) in [5, 5.41) is 0. The topological polar surface area (TPSA) is 78.9 Å². The Bertz CT molecular complexity index is 1780. The highest BCUT2D eigenvalue weighted by atomic mass is 16.6. The van der Waals surface area contributed by atoms with E-state index in [0.29, 0.717) is 25.7 Å². The number of hydrogen-bond acceptors (Lipinski definition) is 6. The Morgan fingerprint density at radius 2 is 0.494 bits per heavy atom. The highest BCUT2D eigenvalue weighted by molar-refractivity contribution is 5.71. The van der Waals surface area contributed by atoms with Crippen LogP contribution in [0.2, 0.25) is 0 Å². The zero-order valence-corrected chi connectivity index (χ0v) is 50.8. The van der Waals surface area contributed by atoms with Crippen molar-refractivity contribution in [1.29, 1.82) is 0 Å². The molecule has 1 unspecified atom stereocenters. The summed E-state index contributed by atoms with van der Waals surface area (Å²) in [4.78, 5) is 38.3. The van der Waals surface area contributed by atoms with Crippen molar-refractivity contribution in [2.45, 2.75) is 271 Å². The first-order valence-corrected chi connectivity index (χ1v) is 32.0. The molecule has 444 valence electrons. The lowest BCUT2D eigenvalue weighted by molar-refractivity contribution is -0.167. The van der Waals surface area contributed by atoms with E-state index < -0.39 is 6.10 Å². The van der Waals surface area contributed by atoms with Crippen LogP contribution >= 0.6 is 0 Å². The van der Waals surface area contributed by atoms with Crippen LogP contribution < -0.4 is 0 Å². The normalized spacial score (nSPS) is 13.2. The van der Waals surface area contributed by atoms with E-state index in [9.17, 15) is 14.4 Å². The molecule has 1 atom stereocenters. The molecule has 6 nitrogen and oxygen atoms in total. The maximum atomic E-state index is 12.9. The van der Waals surface area contributed by atoms with Crippen LogP contribution in [0.5, 0.6) is 0 Å². The van der Waals surface area contributed by atoms with Crippen LogP contribution in [0.3, 0.4) is 0 Å². The largest absolute Gasteiger partial charge is 0.462 e. The molecule has 0 aromatic rings. The number of rotatable bonds is 56. The summed E-state index contributed by atoms with van der Waals surface area (Å²) in [5.41, 5.74) is 0. The van der Waals surface area contributed by atoms with Crippen molar-refractivity contribution in [2.75, 3.05) is 13.2 Å². The predicted molar refractivity (Wildman–Crippen MR) is 343 cm³/mol. The van der Waals surface area contributed by atoms with Gasteiger partial charge in [0.25, 0.3) is 0 Å². The lowest BCUT2D eigenvalue weighted by Gasteiger charge is -2.18. The van der Waals surface area contributed by atoms with Crippen molar-refractivity contribution in [3.8, 4) is 0 Å². The van der Waals surface area contributed by atoms with Crippen molar-refractivity contribution in [3.05, 3.63) is 158 Å². The molecule has 0 saturated heterocycles. The van der Waals surface area contributed by atoms with Gasteiger partial charge >= 0.3 is 17.9 Å². The van der Waals surface area contributed by atoms with E-state index in [-0.39, 0.29) is 31.1 Å². The molecule has 0 radical (unpaired) electrons. The summed E-state index contributed by atoms with van der Waals surface area (Å²) < 4.78 is 16.9. The van der Waals surface area contributed by atoms with Gasteiger partial charge in [-0.1, -0.05) is 256 Å². The van der Waals surface area contributed by atoms with Gasteiger partial charge in [-0.15, -0.1) is 0 Å². The van der Waals surface area contributed by atoms with E-state index in [2.05, 4.69) is 179 Å². The SMILES string of the molecule is CC/C=C\C/C=C\C/C=C\C/C=C\C/C=C\C/C=C\C/C=C\C/C=C\CCCCC(=O)OCC(COC(=O)CCCCCCC/C=C\CCCCCC)OC(=O)CCCCCCCCCC/C=C\C/C=C\C/C=C\C/C=C\CC. The summed E-state index contributed by atoms with van der Waals surface area (Å²) in [5.74, 6) is -0.970. The number of hydrogen-bond donors (Lipinski definition) is 0. The molecule has 0 aliphatic rings. The summed E-state index contributed by atoms with van der Waals surface area (Å²) in [6.07, 6.45) is 95.3. The van der Waals surface area contributed by atoms with Gasteiger partial charge in [-0.2, -0.15) is 0 Å². The summed E-state index contributed by atoms with van der Waals surface area (Å²) in [6.45, 7) is 6.35. The van der Waals surface area contributed by atoms with Crippen LogP contribution in [0, 0.1) is 0 Å². The minimum atomic E-state index is -0.813. The zero-order chi connectivity index (χ0) is 57.1. The fourth-order valence-electron chi connectivity index (χ4n) is 8.27. The van der Waals surface area contributed by atoms with Crippen molar-refractivity contribution in [1.82, 2.24) is 0 Å². The van der Waals surface area contributed by atoms with Gasteiger partial charge in [0.2, 0.25) is 0 Å². The van der Waals surface area contributed by atoms with Crippen LogP contribution in [-0.4, -0.2) is 37.2 Å². The molecule has 0 aromatic heterocycles. The first-order valence-electron chi connectivity index (χ1n) is 32.0. The second-order valence-corrected chi connectivity index (χ2v) is 20.5. The predicted octanol–water partition coefficient (Wildman–Crippen LogP) is 22.1. The maximum Gasteiger partial charge on any atom is 0.306 e. The first-order chi connectivity index (χ1) is 39.0. The fraction of sp³-hybridized carbons (Fsp3) is 0.603. The van der Waals surface area contributed by atoms with Crippen molar-refractivity contribution >= 4 is 17.9 Å². The van der Waals surface area contributed by atoms with E-state index in [4.69, 9.17) is 14.2 Å². The van der Waals surface area contributed by atoms with E-state index >= 15 is 0 Å². The van der Waals surface area contributed by atoms with Gasteiger partial charge in [0.05, 0.1) is 0 Å². The number of ether oxygens (including phenoxy) is 3. The van der Waals surface area contributed by atoms with Gasteiger partial charge in [0, 0.05) is 19.3 Å². The van der Waals surface area contributed by atoms with Crippen molar-refractivity contribution in [3.63, 3.8) is 0 Å². The van der Waals surface area contributed by atoms with Gasteiger partial charge in [0.15, 0.2) is 6.10 Å². The van der Waals surface area contributed by atoms with Gasteiger partial charge in [0.1, 0.15) is 13.2 Å². The van der Waals surface area contributed by atoms with E-state index in [1.165, 1.54) is 70.6 Å². The Morgan fingerprint density at radius 3 is 0.810 bits per heavy atom. The molecule has 0 aliphatic heterocycles. The highest BCUT2D eigenvalue weighted by Crippen LogP contribution is 2.14. The molecule has 0 N–H and O–H groups in total. The average Bonchev–Trinajstić information content (AvgIpc) is 3.45. The summed E-state index contributed by atoms with van der Waals surface area (Å²) >= 11 is 0. The third-order valence-corrected chi connectivity index (χ3v) is 13.0. The molecule has 0 aliphatic carbocycles. The lowest BCUT2D eigenvalue weighted by Crippen LogP contribution is -2.30. The Labute approximate surface area is 486 Å². The van der Waals surface area contributed by atoms with Gasteiger partial charge in [-0.05, 0) is 148 Å². The van der Waals surface area contributed by atoms with Crippen LogP contribution in [0.4, 0.5) is 0 Å². The van der Waals surface area contributed by atoms with Crippen LogP contribution in [0.15, 0.2) is 158 Å². The Hall–Kier alpha value is -4.97. The molecule has 0 bridgehead atoms. The number of allylic oxidation sites excluding steroid dienone is 26. The van der Waals surface area contributed by atoms with Crippen molar-refractivity contribution in [2.24, 2.45) is 0 Å². The number of esters is 3. The van der Waals surface area contributed by atoms with E-state index in [0.717, 1.165) is 148 Å². The first kappa shape index (κ1) is 74.0. The molecule has 0 spiro atoms. The van der Waals surface area contributed by atoms with Crippen LogP contribution in [0.1, 0.15) is 265 Å². The molecule has 0 heterocycles. The molecular formula is C73H116O6. The number of carbonyl (C=O) groups excluding carboxylic acids is 3. The summed E-state index contributed by atoms with van der Waals surface area (Å²) in [7, 11) is 0. The van der Waals surface area contributed by atoms with E-state index in [1.807, 2.05) is 0 Å². The molecule has 0 rings (SSSR count). The van der Waals surface area contributed by atoms with Crippen LogP contribution in [0.25, 0.3) is 0 Å².